The van der Waals surface area contributed by atoms with Crippen LogP contribution < -0.4 is 10.9 Å². The van der Waals surface area contributed by atoms with Gasteiger partial charge in [-0.05, 0) is 62.9 Å². The van der Waals surface area contributed by atoms with Gasteiger partial charge in [0.2, 0.25) is 0 Å². The second kappa shape index (κ2) is 8.37. The SMILES string of the molecule is Cc1nn(-c2ccc(C(=O)NC3CCC(n4cncn4)CC3)cc2)c(=O)c2ccccc12. The molecule has 1 fully saturated rings. The zero-order chi connectivity index (χ0) is 22.1. The van der Waals surface area contributed by atoms with Gasteiger partial charge in [0.1, 0.15) is 12.7 Å². The molecule has 2 aromatic carbocycles. The Balaban J connectivity index is 1.28. The predicted molar refractivity (Wildman–Crippen MR) is 121 cm³/mol. The quantitative estimate of drug-likeness (QED) is 0.539. The summed E-state index contributed by atoms with van der Waals surface area (Å²) in [4.78, 5) is 29.6. The van der Waals surface area contributed by atoms with Gasteiger partial charge in [0, 0.05) is 17.0 Å². The first-order valence-corrected chi connectivity index (χ1v) is 10.8. The van der Waals surface area contributed by atoms with Gasteiger partial charge < -0.3 is 5.32 Å². The number of hydrogen-bond acceptors (Lipinski definition) is 5. The van der Waals surface area contributed by atoms with Gasteiger partial charge in [-0.15, -0.1) is 0 Å². The highest BCUT2D eigenvalue weighted by Gasteiger charge is 2.24. The minimum atomic E-state index is -0.174. The number of carbonyl (C=O) groups excluding carboxylic acids is 1. The number of carbonyl (C=O) groups is 1. The van der Waals surface area contributed by atoms with Crippen molar-refractivity contribution in [1.29, 1.82) is 0 Å². The molecule has 4 aromatic rings. The van der Waals surface area contributed by atoms with Crippen molar-refractivity contribution in [2.75, 3.05) is 0 Å². The highest BCUT2D eigenvalue weighted by molar-refractivity contribution is 5.94. The molecule has 0 atom stereocenters. The van der Waals surface area contributed by atoms with E-state index in [9.17, 15) is 9.59 Å². The largest absolute Gasteiger partial charge is 0.349 e. The summed E-state index contributed by atoms with van der Waals surface area (Å²) in [5.74, 6) is -0.101. The molecule has 8 nitrogen and oxygen atoms in total. The molecular weight excluding hydrogens is 404 g/mol. The fraction of sp³-hybridized carbons (Fsp3) is 0.292. The smallest absolute Gasteiger partial charge is 0.279 e. The molecule has 1 amide bonds. The summed E-state index contributed by atoms with van der Waals surface area (Å²) in [6.45, 7) is 1.89. The van der Waals surface area contributed by atoms with Gasteiger partial charge in [0.05, 0.1) is 22.8 Å². The average Bonchev–Trinajstić information content (AvgIpc) is 3.37. The van der Waals surface area contributed by atoms with E-state index < -0.39 is 0 Å². The van der Waals surface area contributed by atoms with E-state index in [4.69, 9.17) is 0 Å². The van der Waals surface area contributed by atoms with Gasteiger partial charge >= 0.3 is 0 Å². The van der Waals surface area contributed by atoms with E-state index >= 15 is 0 Å². The maximum atomic E-state index is 12.9. The molecule has 0 saturated heterocycles. The lowest BCUT2D eigenvalue weighted by Crippen LogP contribution is -2.38. The summed E-state index contributed by atoms with van der Waals surface area (Å²) < 4.78 is 3.30. The molecule has 0 aliphatic heterocycles. The Hall–Kier alpha value is -3.81. The molecule has 1 aliphatic rings. The molecule has 0 radical (unpaired) electrons. The lowest BCUT2D eigenvalue weighted by Gasteiger charge is -2.29. The lowest BCUT2D eigenvalue weighted by molar-refractivity contribution is 0.0921. The zero-order valence-corrected chi connectivity index (χ0v) is 17.8. The summed E-state index contributed by atoms with van der Waals surface area (Å²) in [7, 11) is 0. The van der Waals surface area contributed by atoms with Crippen LogP contribution in [0.5, 0.6) is 0 Å². The Morgan fingerprint density at radius 3 is 2.41 bits per heavy atom. The summed E-state index contributed by atoms with van der Waals surface area (Å²) in [6.07, 6.45) is 7.04. The number of aromatic nitrogens is 5. The van der Waals surface area contributed by atoms with Crippen molar-refractivity contribution in [1.82, 2.24) is 29.9 Å². The van der Waals surface area contributed by atoms with E-state index in [1.165, 1.54) is 4.68 Å². The second-order valence-electron chi connectivity index (χ2n) is 8.25. The van der Waals surface area contributed by atoms with Crippen molar-refractivity contribution in [2.45, 2.75) is 44.7 Å². The Kier molecular flexibility index (Phi) is 5.26. The number of amides is 1. The molecule has 2 heterocycles. The number of nitrogens with zero attached hydrogens (tertiary/aromatic N) is 5. The van der Waals surface area contributed by atoms with Crippen LogP contribution in [0.2, 0.25) is 0 Å². The molecule has 2 aromatic heterocycles. The highest BCUT2D eigenvalue weighted by atomic mass is 16.1. The topological polar surface area (TPSA) is 94.7 Å². The van der Waals surface area contributed by atoms with Crippen LogP contribution in [0, 0.1) is 6.92 Å². The molecule has 5 rings (SSSR count). The van der Waals surface area contributed by atoms with Crippen LogP contribution in [0.25, 0.3) is 16.5 Å². The van der Waals surface area contributed by atoms with Crippen molar-refractivity contribution in [3.63, 3.8) is 0 Å². The van der Waals surface area contributed by atoms with E-state index in [0.717, 1.165) is 36.8 Å². The summed E-state index contributed by atoms with van der Waals surface area (Å²) in [6, 6.07) is 15.0. The molecule has 0 bridgehead atoms. The molecule has 1 saturated carbocycles. The summed E-state index contributed by atoms with van der Waals surface area (Å²) in [5, 5.41) is 13.3. The summed E-state index contributed by atoms with van der Waals surface area (Å²) in [5.41, 5.74) is 1.81. The van der Waals surface area contributed by atoms with Gasteiger partial charge in [-0.1, -0.05) is 18.2 Å². The highest BCUT2D eigenvalue weighted by Crippen LogP contribution is 2.27. The minimum Gasteiger partial charge on any atom is -0.349 e. The normalized spacial score (nSPS) is 18.5. The predicted octanol–water partition coefficient (Wildman–Crippen LogP) is 3.20. The fourth-order valence-electron chi connectivity index (χ4n) is 4.44. The van der Waals surface area contributed by atoms with E-state index in [-0.39, 0.29) is 17.5 Å². The Bertz CT molecular complexity index is 1300. The zero-order valence-electron chi connectivity index (χ0n) is 17.8. The van der Waals surface area contributed by atoms with E-state index in [1.807, 2.05) is 35.9 Å². The van der Waals surface area contributed by atoms with Crippen LogP contribution in [-0.4, -0.2) is 36.5 Å². The van der Waals surface area contributed by atoms with Crippen molar-refractivity contribution in [3.8, 4) is 5.69 Å². The number of nitrogens with one attached hydrogen (secondary N) is 1. The minimum absolute atomic E-state index is 0.101. The number of hydrogen-bond donors (Lipinski definition) is 1. The van der Waals surface area contributed by atoms with Crippen LogP contribution in [0.3, 0.4) is 0 Å². The van der Waals surface area contributed by atoms with E-state index in [1.54, 1.807) is 36.9 Å². The molecule has 0 unspecified atom stereocenters. The first kappa shape index (κ1) is 20.1. The van der Waals surface area contributed by atoms with E-state index in [0.29, 0.717) is 22.7 Å². The number of benzene rings is 2. The van der Waals surface area contributed by atoms with Gasteiger partial charge in [-0.25, -0.2) is 9.67 Å². The maximum absolute atomic E-state index is 12.9. The van der Waals surface area contributed by atoms with Crippen molar-refractivity contribution in [2.24, 2.45) is 0 Å². The third kappa shape index (κ3) is 3.79. The van der Waals surface area contributed by atoms with Crippen LogP contribution in [-0.2, 0) is 0 Å². The van der Waals surface area contributed by atoms with E-state index in [2.05, 4.69) is 20.5 Å². The molecule has 1 aliphatic carbocycles. The van der Waals surface area contributed by atoms with Gasteiger partial charge in [-0.2, -0.15) is 14.9 Å². The first-order valence-electron chi connectivity index (χ1n) is 10.8. The van der Waals surface area contributed by atoms with Crippen LogP contribution in [0.1, 0.15) is 47.8 Å². The Labute approximate surface area is 184 Å². The number of aryl methyl sites for hydroxylation is 1. The monoisotopic (exact) mass is 428 g/mol. The lowest BCUT2D eigenvalue weighted by atomic mass is 9.91. The Morgan fingerprint density at radius 1 is 1.00 bits per heavy atom. The molecule has 0 spiro atoms. The summed E-state index contributed by atoms with van der Waals surface area (Å²) >= 11 is 0. The van der Waals surface area contributed by atoms with Crippen LogP contribution >= 0.6 is 0 Å². The van der Waals surface area contributed by atoms with Gasteiger partial charge in [0.25, 0.3) is 11.5 Å². The van der Waals surface area contributed by atoms with Crippen molar-refractivity contribution in [3.05, 3.63) is 82.8 Å². The standard InChI is InChI=1S/C24H24N6O2/c1-16-21-4-2-3-5-22(21)24(32)30(28-16)20-10-6-17(7-11-20)23(31)27-18-8-12-19(13-9-18)29-15-25-14-26-29/h2-7,10-11,14-15,18-19H,8-9,12-13H2,1H3,(H,27,31). The fourth-order valence-corrected chi connectivity index (χ4v) is 4.44. The molecule has 32 heavy (non-hydrogen) atoms. The average molecular weight is 428 g/mol. The molecule has 8 heteroatoms. The van der Waals surface area contributed by atoms with Gasteiger partial charge in [-0.3, -0.25) is 9.59 Å². The van der Waals surface area contributed by atoms with Crippen molar-refractivity contribution >= 4 is 16.7 Å². The molecular formula is C24H24N6O2. The van der Waals surface area contributed by atoms with Crippen LogP contribution in [0.15, 0.2) is 66.0 Å². The number of rotatable bonds is 4. The van der Waals surface area contributed by atoms with Gasteiger partial charge in [0.15, 0.2) is 0 Å². The maximum Gasteiger partial charge on any atom is 0.279 e. The van der Waals surface area contributed by atoms with Crippen LogP contribution in [0.4, 0.5) is 0 Å². The molecule has 1 N–H and O–H groups in total. The number of fused-ring (bicyclic) bond motifs is 1. The molecule has 162 valence electrons. The van der Waals surface area contributed by atoms with Crippen molar-refractivity contribution < 1.29 is 4.79 Å². The second-order valence-corrected chi connectivity index (χ2v) is 8.25. The third-order valence-electron chi connectivity index (χ3n) is 6.21. The Morgan fingerprint density at radius 2 is 1.72 bits per heavy atom. The first-order chi connectivity index (χ1) is 15.6. The third-order valence-corrected chi connectivity index (χ3v) is 6.21.